The molecule has 2 rings (SSSR count). The van der Waals surface area contributed by atoms with E-state index in [4.69, 9.17) is 0 Å². The van der Waals surface area contributed by atoms with Crippen molar-refractivity contribution in [2.45, 2.75) is 27.2 Å². The number of rotatable bonds is 8. The number of carbonyl (C=O) groups is 1. The van der Waals surface area contributed by atoms with Crippen LogP contribution < -0.4 is 5.32 Å². The second-order valence-electron chi connectivity index (χ2n) is 5.67. The maximum Gasteiger partial charge on any atom is 0.269 e. The van der Waals surface area contributed by atoms with Crippen LogP contribution in [-0.2, 0) is 0 Å². The second kappa shape index (κ2) is 8.48. The van der Waals surface area contributed by atoms with Crippen molar-refractivity contribution in [1.82, 2.24) is 20.4 Å². The van der Waals surface area contributed by atoms with Crippen LogP contribution in [0.3, 0.4) is 0 Å². The predicted octanol–water partition coefficient (Wildman–Crippen LogP) is 2.85. The zero-order valence-corrected chi connectivity index (χ0v) is 14.2. The third-order valence-corrected chi connectivity index (χ3v) is 4.00. The van der Waals surface area contributed by atoms with Crippen LogP contribution in [0.5, 0.6) is 0 Å². The van der Waals surface area contributed by atoms with Crippen molar-refractivity contribution in [3.05, 3.63) is 41.6 Å². The number of H-pyrrole nitrogens is 1. The maximum atomic E-state index is 12.1. The van der Waals surface area contributed by atoms with Gasteiger partial charge in [-0.3, -0.25) is 9.89 Å². The maximum absolute atomic E-state index is 12.1. The Morgan fingerprint density at radius 1 is 1.22 bits per heavy atom. The Morgan fingerprint density at radius 2 is 1.91 bits per heavy atom. The Balaban J connectivity index is 1.85. The zero-order valence-electron chi connectivity index (χ0n) is 14.2. The lowest BCUT2D eigenvalue weighted by atomic mass is 10.1. The molecular weight excluding hydrogens is 288 g/mol. The first-order valence-corrected chi connectivity index (χ1v) is 8.27. The molecule has 0 bridgehead atoms. The summed E-state index contributed by atoms with van der Waals surface area (Å²) in [7, 11) is 0. The third-order valence-electron chi connectivity index (χ3n) is 4.00. The van der Waals surface area contributed by atoms with E-state index in [9.17, 15) is 4.79 Å². The van der Waals surface area contributed by atoms with E-state index in [-0.39, 0.29) is 5.91 Å². The lowest BCUT2D eigenvalue weighted by Crippen LogP contribution is -2.30. The van der Waals surface area contributed by atoms with Gasteiger partial charge in [-0.05, 0) is 39.0 Å². The molecule has 0 spiro atoms. The number of carbonyl (C=O) groups excluding carboxylic acids is 1. The lowest BCUT2D eigenvalue weighted by molar-refractivity contribution is 0.0947. The quantitative estimate of drug-likeness (QED) is 0.737. The van der Waals surface area contributed by atoms with Gasteiger partial charge in [0.2, 0.25) is 0 Å². The first kappa shape index (κ1) is 17.2. The second-order valence-corrected chi connectivity index (χ2v) is 5.67. The molecule has 5 nitrogen and oxygen atoms in total. The molecule has 0 aliphatic heterocycles. The monoisotopic (exact) mass is 314 g/mol. The van der Waals surface area contributed by atoms with Gasteiger partial charge in [-0.2, -0.15) is 5.10 Å². The lowest BCUT2D eigenvalue weighted by Gasteiger charge is -2.17. The van der Waals surface area contributed by atoms with Crippen LogP contribution in [0.25, 0.3) is 11.3 Å². The molecule has 0 aliphatic rings. The van der Waals surface area contributed by atoms with Gasteiger partial charge in [0.15, 0.2) is 0 Å². The number of aryl methyl sites for hydroxylation is 1. The summed E-state index contributed by atoms with van der Waals surface area (Å²) in [6, 6.07) is 9.90. The Morgan fingerprint density at radius 3 is 2.57 bits per heavy atom. The van der Waals surface area contributed by atoms with Crippen LogP contribution >= 0.6 is 0 Å². The summed E-state index contributed by atoms with van der Waals surface area (Å²) in [4.78, 5) is 14.5. The van der Waals surface area contributed by atoms with Gasteiger partial charge in [0.1, 0.15) is 5.69 Å². The van der Waals surface area contributed by atoms with Crippen molar-refractivity contribution in [2.24, 2.45) is 0 Å². The molecule has 0 fully saturated rings. The topological polar surface area (TPSA) is 61.0 Å². The molecule has 23 heavy (non-hydrogen) atoms. The molecule has 2 aromatic rings. The van der Waals surface area contributed by atoms with E-state index in [1.807, 2.05) is 31.2 Å². The van der Waals surface area contributed by atoms with E-state index in [1.165, 1.54) is 5.56 Å². The first-order valence-electron chi connectivity index (χ1n) is 8.27. The number of hydrogen-bond acceptors (Lipinski definition) is 3. The van der Waals surface area contributed by atoms with Gasteiger partial charge in [0.05, 0.1) is 5.69 Å². The smallest absolute Gasteiger partial charge is 0.269 e. The van der Waals surface area contributed by atoms with Crippen LogP contribution in [0, 0.1) is 6.92 Å². The molecule has 0 atom stereocenters. The Labute approximate surface area is 138 Å². The average Bonchev–Trinajstić information content (AvgIpc) is 3.05. The van der Waals surface area contributed by atoms with Crippen LogP contribution in [0.15, 0.2) is 30.3 Å². The summed E-state index contributed by atoms with van der Waals surface area (Å²) in [5.41, 5.74) is 3.50. The number of aromatic nitrogens is 2. The fraction of sp³-hybridized carbons (Fsp3) is 0.444. The van der Waals surface area contributed by atoms with Gasteiger partial charge in [0, 0.05) is 12.1 Å². The molecule has 1 heterocycles. The normalized spacial score (nSPS) is 11.0. The fourth-order valence-corrected chi connectivity index (χ4v) is 2.45. The summed E-state index contributed by atoms with van der Waals surface area (Å²) in [5.74, 6) is -0.101. The van der Waals surface area contributed by atoms with Gasteiger partial charge < -0.3 is 10.2 Å². The van der Waals surface area contributed by atoms with E-state index < -0.39 is 0 Å². The molecule has 2 N–H and O–H groups in total. The van der Waals surface area contributed by atoms with Gasteiger partial charge >= 0.3 is 0 Å². The van der Waals surface area contributed by atoms with E-state index >= 15 is 0 Å². The van der Waals surface area contributed by atoms with Crippen molar-refractivity contribution in [1.29, 1.82) is 0 Å². The molecule has 0 saturated heterocycles. The van der Waals surface area contributed by atoms with E-state index in [0.717, 1.165) is 37.3 Å². The molecule has 1 amide bonds. The van der Waals surface area contributed by atoms with Crippen LogP contribution in [0.2, 0.25) is 0 Å². The van der Waals surface area contributed by atoms with Gasteiger partial charge in [-0.1, -0.05) is 43.7 Å². The largest absolute Gasteiger partial charge is 0.351 e. The number of hydrogen-bond donors (Lipinski definition) is 2. The summed E-state index contributed by atoms with van der Waals surface area (Å²) in [5, 5.41) is 9.98. The fourth-order valence-electron chi connectivity index (χ4n) is 2.45. The van der Waals surface area contributed by atoms with Crippen molar-refractivity contribution < 1.29 is 4.79 Å². The highest BCUT2D eigenvalue weighted by Crippen LogP contribution is 2.18. The van der Waals surface area contributed by atoms with E-state index in [2.05, 4.69) is 34.3 Å². The van der Waals surface area contributed by atoms with Gasteiger partial charge in [-0.15, -0.1) is 0 Å². The summed E-state index contributed by atoms with van der Waals surface area (Å²) >= 11 is 0. The molecule has 0 saturated carbocycles. The average molecular weight is 314 g/mol. The van der Waals surface area contributed by atoms with Crippen molar-refractivity contribution in [3.63, 3.8) is 0 Å². The highest BCUT2D eigenvalue weighted by molar-refractivity contribution is 5.93. The predicted molar refractivity (Wildman–Crippen MR) is 93.5 cm³/mol. The van der Waals surface area contributed by atoms with Crippen LogP contribution in [0.4, 0.5) is 0 Å². The number of benzene rings is 1. The van der Waals surface area contributed by atoms with Gasteiger partial charge in [-0.25, -0.2) is 0 Å². The number of amides is 1. The molecule has 0 unspecified atom stereocenters. The highest BCUT2D eigenvalue weighted by atomic mass is 16.1. The molecule has 1 aromatic heterocycles. The van der Waals surface area contributed by atoms with Crippen molar-refractivity contribution in [3.8, 4) is 11.3 Å². The Hall–Kier alpha value is -2.14. The molecule has 124 valence electrons. The van der Waals surface area contributed by atoms with Gasteiger partial charge in [0.25, 0.3) is 5.91 Å². The summed E-state index contributed by atoms with van der Waals surface area (Å²) in [6.07, 6.45) is 0.951. The minimum atomic E-state index is -0.101. The Bertz CT molecular complexity index is 614. The Kier molecular flexibility index (Phi) is 6.35. The third kappa shape index (κ3) is 4.93. The van der Waals surface area contributed by atoms with Crippen molar-refractivity contribution in [2.75, 3.05) is 26.2 Å². The summed E-state index contributed by atoms with van der Waals surface area (Å²) < 4.78 is 0. The summed E-state index contributed by atoms with van der Waals surface area (Å²) in [6.45, 7) is 10.1. The van der Waals surface area contributed by atoms with E-state index in [1.54, 1.807) is 6.07 Å². The SMILES string of the molecule is CCN(CC)CCCNC(=O)c1cc(-c2ccc(C)cc2)n[nH]1. The molecule has 5 heteroatoms. The number of nitrogens with zero attached hydrogens (tertiary/aromatic N) is 2. The highest BCUT2D eigenvalue weighted by Gasteiger charge is 2.10. The standard InChI is InChI=1S/C18H26N4O/c1-4-22(5-2)12-6-11-19-18(23)17-13-16(20-21-17)15-9-7-14(3)8-10-15/h7-10,13H,4-6,11-12H2,1-3H3,(H,19,23)(H,20,21). The molecule has 1 aromatic carbocycles. The number of aromatic amines is 1. The first-order chi connectivity index (χ1) is 11.1. The van der Waals surface area contributed by atoms with Crippen LogP contribution in [0.1, 0.15) is 36.3 Å². The number of nitrogens with one attached hydrogen (secondary N) is 2. The minimum absolute atomic E-state index is 0.101. The zero-order chi connectivity index (χ0) is 16.7. The molecule has 0 aliphatic carbocycles. The molecular formula is C18H26N4O. The van der Waals surface area contributed by atoms with E-state index in [0.29, 0.717) is 12.2 Å². The molecule has 0 radical (unpaired) electrons. The van der Waals surface area contributed by atoms with Crippen LogP contribution in [-0.4, -0.2) is 47.2 Å². The van der Waals surface area contributed by atoms with Crippen molar-refractivity contribution >= 4 is 5.91 Å². The minimum Gasteiger partial charge on any atom is -0.351 e.